The summed E-state index contributed by atoms with van der Waals surface area (Å²) in [6.07, 6.45) is 8.28. The molecule has 0 radical (unpaired) electrons. The molecule has 120 valence electrons. The maximum atomic E-state index is 11.7. The van der Waals surface area contributed by atoms with Gasteiger partial charge in [-0.3, -0.25) is 4.89 Å². The molecule has 0 aliphatic heterocycles. The van der Waals surface area contributed by atoms with Gasteiger partial charge in [-0.1, -0.05) is 59.8 Å². The summed E-state index contributed by atoms with van der Waals surface area (Å²) in [5.74, 6) is 0.0684. The summed E-state index contributed by atoms with van der Waals surface area (Å²) < 4.78 is 0. The van der Waals surface area contributed by atoms with Crippen LogP contribution in [0.15, 0.2) is 0 Å². The zero-order valence-electron chi connectivity index (χ0n) is 13.7. The monoisotopic (exact) mass is 288 g/mol. The molecule has 0 aromatic heterocycles. The van der Waals surface area contributed by atoms with Crippen molar-refractivity contribution in [1.82, 2.24) is 0 Å². The van der Waals surface area contributed by atoms with E-state index in [0.717, 1.165) is 38.5 Å². The van der Waals surface area contributed by atoms with Gasteiger partial charge in [-0.25, -0.2) is 4.79 Å². The summed E-state index contributed by atoms with van der Waals surface area (Å²) in [4.78, 5) is 21.5. The highest BCUT2D eigenvalue weighted by Gasteiger charge is 2.19. The SMILES string of the molecule is CCCCC(CC)COOOC(=O)C(CC)CCCC. The summed E-state index contributed by atoms with van der Waals surface area (Å²) in [5.41, 5.74) is 0. The average molecular weight is 288 g/mol. The Bertz CT molecular complexity index is 231. The van der Waals surface area contributed by atoms with Crippen LogP contribution in [0.4, 0.5) is 0 Å². The molecule has 0 amide bonds. The molecule has 0 heterocycles. The van der Waals surface area contributed by atoms with Gasteiger partial charge in [0.2, 0.25) is 0 Å². The molecule has 0 aliphatic rings. The lowest BCUT2D eigenvalue weighted by Gasteiger charge is -2.14. The molecule has 0 fully saturated rings. The number of unbranched alkanes of at least 4 members (excludes halogenated alkanes) is 2. The largest absolute Gasteiger partial charge is 0.348 e. The minimum absolute atomic E-state index is 0.0828. The molecule has 0 rings (SSSR count). The van der Waals surface area contributed by atoms with E-state index in [1.54, 1.807) is 0 Å². The molecule has 20 heavy (non-hydrogen) atoms. The predicted molar refractivity (Wildman–Crippen MR) is 79.7 cm³/mol. The fourth-order valence-electron chi connectivity index (χ4n) is 2.09. The molecule has 0 N–H and O–H groups in total. The molecular weight excluding hydrogens is 256 g/mol. The van der Waals surface area contributed by atoms with E-state index < -0.39 is 0 Å². The normalized spacial score (nSPS) is 14.0. The van der Waals surface area contributed by atoms with Crippen LogP contribution in [0.5, 0.6) is 0 Å². The Labute approximate surface area is 124 Å². The van der Waals surface area contributed by atoms with Crippen molar-refractivity contribution in [2.45, 2.75) is 79.1 Å². The van der Waals surface area contributed by atoms with Gasteiger partial charge in [0, 0.05) is 0 Å². The van der Waals surface area contributed by atoms with Crippen LogP contribution in [0, 0.1) is 11.8 Å². The van der Waals surface area contributed by atoms with Crippen molar-refractivity contribution in [3.63, 3.8) is 0 Å². The van der Waals surface area contributed by atoms with E-state index in [1.807, 2.05) is 6.92 Å². The van der Waals surface area contributed by atoms with Crippen LogP contribution in [0.25, 0.3) is 0 Å². The molecule has 2 atom stereocenters. The summed E-state index contributed by atoms with van der Waals surface area (Å²) in [5, 5.41) is 4.62. The quantitative estimate of drug-likeness (QED) is 0.277. The third kappa shape index (κ3) is 9.32. The highest BCUT2D eigenvalue weighted by molar-refractivity contribution is 5.71. The molecule has 0 aliphatic carbocycles. The molecule has 2 unspecified atom stereocenters. The fraction of sp³-hybridized carbons (Fsp3) is 0.938. The topological polar surface area (TPSA) is 44.8 Å². The van der Waals surface area contributed by atoms with E-state index in [9.17, 15) is 4.79 Å². The lowest BCUT2D eigenvalue weighted by molar-refractivity contribution is -0.490. The number of carbonyl (C=O) groups is 1. The van der Waals surface area contributed by atoms with E-state index in [4.69, 9.17) is 9.78 Å². The zero-order valence-corrected chi connectivity index (χ0v) is 13.7. The number of hydrogen-bond acceptors (Lipinski definition) is 4. The minimum atomic E-state index is -0.317. The standard InChI is InChI=1S/C16H32O4/c1-5-9-11-14(7-3)13-18-20-19-16(17)15(8-4)12-10-6-2/h14-15H,5-13H2,1-4H3. The van der Waals surface area contributed by atoms with Gasteiger partial charge in [-0.2, -0.15) is 4.89 Å². The van der Waals surface area contributed by atoms with Gasteiger partial charge in [0.15, 0.2) is 0 Å². The van der Waals surface area contributed by atoms with Gasteiger partial charge in [0.25, 0.3) is 0 Å². The van der Waals surface area contributed by atoms with E-state index in [1.165, 1.54) is 12.8 Å². The van der Waals surface area contributed by atoms with Gasteiger partial charge in [0.1, 0.15) is 0 Å². The minimum Gasteiger partial charge on any atom is -0.269 e. The smallest absolute Gasteiger partial charge is 0.269 e. The number of rotatable bonds is 13. The van der Waals surface area contributed by atoms with E-state index in [0.29, 0.717) is 12.5 Å². The Morgan fingerprint density at radius 1 is 0.950 bits per heavy atom. The fourth-order valence-corrected chi connectivity index (χ4v) is 2.09. The van der Waals surface area contributed by atoms with Gasteiger partial charge >= 0.3 is 5.97 Å². The van der Waals surface area contributed by atoms with Crippen LogP contribution in [-0.4, -0.2) is 12.6 Å². The summed E-state index contributed by atoms with van der Waals surface area (Å²) in [7, 11) is 0. The first-order valence-corrected chi connectivity index (χ1v) is 8.19. The van der Waals surface area contributed by atoms with Crippen molar-refractivity contribution in [2.75, 3.05) is 6.61 Å². The van der Waals surface area contributed by atoms with Crippen LogP contribution in [0.2, 0.25) is 0 Å². The van der Waals surface area contributed by atoms with E-state index in [-0.39, 0.29) is 11.9 Å². The molecule has 0 spiro atoms. The maximum Gasteiger partial charge on any atom is 0.348 e. The van der Waals surface area contributed by atoms with Crippen molar-refractivity contribution < 1.29 is 19.6 Å². The van der Waals surface area contributed by atoms with Gasteiger partial charge < -0.3 is 0 Å². The first-order chi connectivity index (χ1) is 9.69. The summed E-state index contributed by atoms with van der Waals surface area (Å²) in [6.45, 7) is 8.88. The molecule has 0 saturated carbocycles. The highest BCUT2D eigenvalue weighted by atomic mass is 17.5. The van der Waals surface area contributed by atoms with Crippen LogP contribution in [0.3, 0.4) is 0 Å². The van der Waals surface area contributed by atoms with Gasteiger partial charge in [0.05, 0.1) is 12.5 Å². The highest BCUT2D eigenvalue weighted by Crippen LogP contribution is 2.16. The van der Waals surface area contributed by atoms with Crippen molar-refractivity contribution in [2.24, 2.45) is 11.8 Å². The molecular formula is C16H32O4. The lowest BCUT2D eigenvalue weighted by Crippen LogP contribution is -2.19. The second-order valence-electron chi connectivity index (χ2n) is 5.42. The molecule has 0 saturated heterocycles. The Balaban J connectivity index is 3.77. The van der Waals surface area contributed by atoms with E-state index >= 15 is 0 Å². The van der Waals surface area contributed by atoms with E-state index in [2.05, 4.69) is 25.8 Å². The molecule has 4 heteroatoms. The number of hydrogen-bond donors (Lipinski definition) is 0. The van der Waals surface area contributed by atoms with Crippen LogP contribution in [0.1, 0.15) is 79.1 Å². The first kappa shape index (κ1) is 19.4. The van der Waals surface area contributed by atoms with Crippen LogP contribution >= 0.6 is 0 Å². The number of carbonyl (C=O) groups excluding carboxylic acids is 1. The second-order valence-corrected chi connectivity index (χ2v) is 5.42. The summed E-state index contributed by atoms with van der Waals surface area (Å²) >= 11 is 0. The van der Waals surface area contributed by atoms with Crippen molar-refractivity contribution >= 4 is 5.97 Å². The Morgan fingerprint density at radius 2 is 1.60 bits per heavy atom. The predicted octanol–water partition coefficient (Wildman–Crippen LogP) is 4.83. The zero-order chi connectivity index (χ0) is 15.2. The van der Waals surface area contributed by atoms with Crippen molar-refractivity contribution in [1.29, 1.82) is 0 Å². The van der Waals surface area contributed by atoms with Crippen LogP contribution < -0.4 is 0 Å². The summed E-state index contributed by atoms with van der Waals surface area (Å²) in [6, 6.07) is 0. The van der Waals surface area contributed by atoms with Crippen molar-refractivity contribution in [3.05, 3.63) is 0 Å². The van der Waals surface area contributed by atoms with Gasteiger partial charge in [-0.15, -0.1) is 0 Å². The Hall–Kier alpha value is -0.610. The Morgan fingerprint density at radius 3 is 2.15 bits per heavy atom. The first-order valence-electron chi connectivity index (χ1n) is 8.19. The second kappa shape index (κ2) is 13.4. The van der Waals surface area contributed by atoms with Gasteiger partial charge in [-0.05, 0) is 30.2 Å². The van der Waals surface area contributed by atoms with Crippen molar-refractivity contribution in [3.8, 4) is 0 Å². The molecule has 4 nitrogen and oxygen atoms in total. The molecule has 0 bridgehead atoms. The van der Waals surface area contributed by atoms with Crippen LogP contribution in [-0.2, 0) is 19.6 Å². The molecule has 0 aromatic carbocycles. The maximum absolute atomic E-state index is 11.7. The third-order valence-corrected chi connectivity index (χ3v) is 3.74. The molecule has 0 aromatic rings. The third-order valence-electron chi connectivity index (χ3n) is 3.74. The lowest BCUT2D eigenvalue weighted by atomic mass is 10.00. The Kier molecular flexibility index (Phi) is 13.0. The average Bonchev–Trinajstić information content (AvgIpc) is 2.47.